The van der Waals surface area contributed by atoms with E-state index in [-0.39, 0.29) is 18.4 Å². The van der Waals surface area contributed by atoms with Gasteiger partial charge in [0.05, 0.1) is 17.3 Å². The van der Waals surface area contributed by atoms with Crippen LogP contribution in [0, 0.1) is 0 Å². The lowest BCUT2D eigenvalue weighted by Gasteiger charge is -2.26. The fourth-order valence-electron chi connectivity index (χ4n) is 2.24. The molecule has 0 atom stereocenters. The van der Waals surface area contributed by atoms with E-state index >= 15 is 0 Å². The number of nitrogens with one attached hydrogen (secondary N) is 1. The summed E-state index contributed by atoms with van der Waals surface area (Å²) in [5.41, 5.74) is 6.45. The van der Waals surface area contributed by atoms with Crippen LogP contribution < -0.4 is 11.1 Å². The number of nitrogen functional groups attached to an aromatic ring is 1. The zero-order valence-electron chi connectivity index (χ0n) is 10.5. The van der Waals surface area contributed by atoms with Gasteiger partial charge in [-0.2, -0.15) is 0 Å². The largest absolute Gasteiger partial charge is 0.397 e. The van der Waals surface area contributed by atoms with Crippen molar-refractivity contribution in [3.05, 3.63) is 28.1 Å². The Bertz CT molecular complexity index is 713. The van der Waals surface area contributed by atoms with Gasteiger partial charge in [0, 0.05) is 23.2 Å². The monoisotopic (exact) mass is 309 g/mol. The lowest BCUT2D eigenvalue weighted by molar-refractivity contribution is -0.123. The highest BCUT2D eigenvalue weighted by Crippen LogP contribution is 2.38. The van der Waals surface area contributed by atoms with Gasteiger partial charge in [-0.1, -0.05) is 17.7 Å². The van der Waals surface area contributed by atoms with E-state index in [0.717, 1.165) is 4.70 Å². The first kappa shape index (κ1) is 13.2. The molecule has 2 amide bonds. The first-order chi connectivity index (χ1) is 9.58. The molecule has 7 heteroatoms. The van der Waals surface area contributed by atoms with Crippen molar-refractivity contribution in [3.8, 4) is 0 Å². The molecule has 0 saturated carbocycles. The van der Waals surface area contributed by atoms with Crippen LogP contribution in [0.1, 0.15) is 9.67 Å². The van der Waals surface area contributed by atoms with Crippen LogP contribution in [-0.2, 0) is 4.79 Å². The van der Waals surface area contributed by atoms with E-state index in [9.17, 15) is 9.59 Å². The van der Waals surface area contributed by atoms with Gasteiger partial charge in [0.2, 0.25) is 5.91 Å². The maximum atomic E-state index is 12.5. The average Bonchev–Trinajstić information content (AvgIpc) is 2.76. The van der Waals surface area contributed by atoms with Crippen molar-refractivity contribution in [1.29, 1.82) is 0 Å². The Kier molecular flexibility index (Phi) is 3.27. The van der Waals surface area contributed by atoms with Crippen LogP contribution in [0.5, 0.6) is 0 Å². The molecular formula is C13H12ClN3O2S. The van der Waals surface area contributed by atoms with Crippen molar-refractivity contribution >= 4 is 50.5 Å². The molecule has 0 spiro atoms. The van der Waals surface area contributed by atoms with E-state index in [0.29, 0.717) is 34.1 Å². The van der Waals surface area contributed by atoms with E-state index < -0.39 is 0 Å². The molecule has 104 valence electrons. The molecular weight excluding hydrogens is 298 g/mol. The van der Waals surface area contributed by atoms with E-state index in [1.54, 1.807) is 6.07 Å². The fraction of sp³-hybridized carbons (Fsp3) is 0.231. The number of piperazine rings is 1. The quantitative estimate of drug-likeness (QED) is 0.842. The summed E-state index contributed by atoms with van der Waals surface area (Å²) in [6.45, 7) is 1.03. The Morgan fingerprint density at radius 3 is 2.95 bits per heavy atom. The Hall–Kier alpha value is -1.79. The van der Waals surface area contributed by atoms with Gasteiger partial charge in [-0.15, -0.1) is 11.3 Å². The third-order valence-corrected chi connectivity index (χ3v) is 4.69. The minimum absolute atomic E-state index is 0.0697. The molecule has 0 radical (unpaired) electrons. The summed E-state index contributed by atoms with van der Waals surface area (Å²) in [4.78, 5) is 25.8. The minimum Gasteiger partial charge on any atom is -0.397 e. The zero-order valence-corrected chi connectivity index (χ0v) is 12.1. The van der Waals surface area contributed by atoms with Gasteiger partial charge in [0.25, 0.3) is 5.91 Å². The van der Waals surface area contributed by atoms with Gasteiger partial charge >= 0.3 is 0 Å². The molecule has 1 aromatic heterocycles. The summed E-state index contributed by atoms with van der Waals surface area (Å²) < 4.78 is 0.875. The third-order valence-electron chi connectivity index (χ3n) is 3.22. The summed E-state index contributed by atoms with van der Waals surface area (Å²) in [5.74, 6) is -0.364. The molecule has 0 aliphatic carbocycles. The Balaban J connectivity index is 2.01. The normalized spacial score (nSPS) is 15.4. The van der Waals surface area contributed by atoms with Crippen LogP contribution in [0.2, 0.25) is 5.02 Å². The molecule has 2 aromatic rings. The number of thiophene rings is 1. The summed E-state index contributed by atoms with van der Waals surface area (Å²) in [6, 6.07) is 5.45. The fourth-order valence-corrected chi connectivity index (χ4v) is 3.69. The van der Waals surface area contributed by atoms with Crippen molar-refractivity contribution in [1.82, 2.24) is 10.2 Å². The Morgan fingerprint density at radius 1 is 1.45 bits per heavy atom. The molecule has 1 fully saturated rings. The predicted octanol–water partition coefficient (Wildman–Crippen LogP) is 1.71. The summed E-state index contributed by atoms with van der Waals surface area (Å²) in [7, 11) is 0. The maximum Gasteiger partial charge on any atom is 0.266 e. The third kappa shape index (κ3) is 2.10. The minimum atomic E-state index is -0.213. The van der Waals surface area contributed by atoms with E-state index in [1.165, 1.54) is 16.2 Å². The van der Waals surface area contributed by atoms with E-state index in [1.807, 2.05) is 12.1 Å². The smallest absolute Gasteiger partial charge is 0.266 e. The number of carbonyl (C=O) groups excluding carboxylic acids is 2. The molecule has 3 N–H and O–H groups in total. The number of hydrogen-bond donors (Lipinski definition) is 2. The highest BCUT2D eigenvalue weighted by atomic mass is 35.5. The molecule has 0 bridgehead atoms. The summed E-state index contributed by atoms with van der Waals surface area (Å²) in [5, 5.41) is 3.93. The molecule has 1 aliphatic rings. The van der Waals surface area contributed by atoms with E-state index in [2.05, 4.69) is 5.32 Å². The highest BCUT2D eigenvalue weighted by Gasteiger charge is 2.26. The number of amides is 2. The maximum absolute atomic E-state index is 12.5. The number of carbonyl (C=O) groups is 2. The van der Waals surface area contributed by atoms with Crippen molar-refractivity contribution in [2.75, 3.05) is 25.4 Å². The van der Waals surface area contributed by atoms with Crippen molar-refractivity contribution < 1.29 is 9.59 Å². The number of nitrogens with zero attached hydrogens (tertiary/aromatic N) is 1. The van der Waals surface area contributed by atoms with Gasteiger partial charge in [-0.05, 0) is 12.1 Å². The van der Waals surface area contributed by atoms with Crippen LogP contribution >= 0.6 is 22.9 Å². The number of anilines is 1. The second-order valence-corrected chi connectivity index (χ2v) is 5.99. The first-order valence-electron chi connectivity index (χ1n) is 6.10. The van der Waals surface area contributed by atoms with Crippen LogP contribution in [0.3, 0.4) is 0 Å². The predicted molar refractivity (Wildman–Crippen MR) is 80.2 cm³/mol. The van der Waals surface area contributed by atoms with Gasteiger partial charge in [-0.3, -0.25) is 9.59 Å². The van der Waals surface area contributed by atoms with Gasteiger partial charge in [-0.25, -0.2) is 0 Å². The topological polar surface area (TPSA) is 75.4 Å². The SMILES string of the molecule is Nc1c(C(=O)N2CCNC(=O)C2)sc2cccc(Cl)c12. The second kappa shape index (κ2) is 4.96. The molecule has 1 saturated heterocycles. The zero-order chi connectivity index (χ0) is 14.3. The molecule has 20 heavy (non-hydrogen) atoms. The number of hydrogen-bond acceptors (Lipinski definition) is 4. The standard InChI is InChI=1S/C13H12ClN3O2S/c14-7-2-1-3-8-10(7)11(15)12(20-8)13(19)17-5-4-16-9(18)6-17/h1-3H,4-6,15H2,(H,16,18). The van der Waals surface area contributed by atoms with Crippen molar-refractivity contribution in [3.63, 3.8) is 0 Å². The van der Waals surface area contributed by atoms with Crippen LogP contribution in [0.25, 0.3) is 10.1 Å². The van der Waals surface area contributed by atoms with Crippen LogP contribution in [0.4, 0.5) is 5.69 Å². The van der Waals surface area contributed by atoms with E-state index in [4.69, 9.17) is 17.3 Å². The molecule has 0 unspecified atom stereocenters. The first-order valence-corrected chi connectivity index (χ1v) is 7.30. The number of nitrogens with two attached hydrogens (primary N) is 1. The molecule has 3 rings (SSSR count). The summed E-state index contributed by atoms with van der Waals surface area (Å²) in [6.07, 6.45) is 0. The summed E-state index contributed by atoms with van der Waals surface area (Å²) >= 11 is 7.44. The molecule has 5 nitrogen and oxygen atoms in total. The lowest BCUT2D eigenvalue weighted by atomic mass is 10.2. The molecule has 1 aliphatic heterocycles. The number of rotatable bonds is 1. The number of halogens is 1. The van der Waals surface area contributed by atoms with Crippen molar-refractivity contribution in [2.45, 2.75) is 0 Å². The second-order valence-electron chi connectivity index (χ2n) is 4.53. The van der Waals surface area contributed by atoms with Crippen LogP contribution in [0.15, 0.2) is 18.2 Å². The Morgan fingerprint density at radius 2 is 2.25 bits per heavy atom. The van der Waals surface area contributed by atoms with Gasteiger partial charge < -0.3 is 16.0 Å². The van der Waals surface area contributed by atoms with Crippen LogP contribution in [-0.4, -0.2) is 36.3 Å². The Labute approximate surface area is 124 Å². The van der Waals surface area contributed by atoms with Gasteiger partial charge in [0.1, 0.15) is 4.88 Å². The number of fused-ring (bicyclic) bond motifs is 1. The number of benzene rings is 1. The molecule has 2 heterocycles. The van der Waals surface area contributed by atoms with Crippen molar-refractivity contribution in [2.24, 2.45) is 0 Å². The van der Waals surface area contributed by atoms with Gasteiger partial charge in [0.15, 0.2) is 0 Å². The highest BCUT2D eigenvalue weighted by molar-refractivity contribution is 7.21. The lowest BCUT2D eigenvalue weighted by Crippen LogP contribution is -2.49. The molecule has 1 aromatic carbocycles. The average molecular weight is 310 g/mol.